The Hall–Kier alpha value is -2.05. The monoisotopic (exact) mass is 379 g/mol. The third-order valence-corrected chi connectivity index (χ3v) is 5.48. The molecule has 27 heavy (non-hydrogen) atoms. The van der Waals surface area contributed by atoms with Crippen LogP contribution in [-0.2, 0) is 19.1 Å². The zero-order valence-electron chi connectivity index (χ0n) is 15.0. The fraction of sp³-hybridized carbons (Fsp3) is 0.429. The van der Waals surface area contributed by atoms with Crippen molar-refractivity contribution in [3.05, 3.63) is 65.2 Å². The van der Waals surface area contributed by atoms with Crippen molar-refractivity contribution in [2.75, 3.05) is 19.7 Å². The van der Waals surface area contributed by atoms with Gasteiger partial charge >= 0.3 is 6.18 Å². The average Bonchev–Trinajstić information content (AvgIpc) is 2.65. The van der Waals surface area contributed by atoms with Crippen molar-refractivity contribution in [3.63, 3.8) is 0 Å². The van der Waals surface area contributed by atoms with E-state index in [2.05, 4.69) is 4.90 Å². The van der Waals surface area contributed by atoms with Crippen molar-refractivity contribution in [1.29, 1.82) is 0 Å². The lowest BCUT2D eigenvalue weighted by molar-refractivity contribution is -0.138. The van der Waals surface area contributed by atoms with Crippen LogP contribution in [-0.4, -0.2) is 34.8 Å². The van der Waals surface area contributed by atoms with Crippen LogP contribution in [0, 0.1) is 5.41 Å². The van der Waals surface area contributed by atoms with Crippen LogP contribution in [0.25, 0.3) is 0 Å². The highest BCUT2D eigenvalue weighted by atomic mass is 19.4. The summed E-state index contributed by atoms with van der Waals surface area (Å²) in [5.74, 6) is 0.222. The summed E-state index contributed by atoms with van der Waals surface area (Å²) >= 11 is 0. The van der Waals surface area contributed by atoms with Gasteiger partial charge in [0.05, 0.1) is 5.56 Å². The van der Waals surface area contributed by atoms with Gasteiger partial charge in [0.2, 0.25) is 0 Å². The fourth-order valence-electron chi connectivity index (χ4n) is 3.79. The van der Waals surface area contributed by atoms with E-state index in [1.54, 1.807) is 18.2 Å². The lowest BCUT2D eigenvalue weighted by Crippen LogP contribution is -2.43. The third kappa shape index (κ3) is 4.82. The van der Waals surface area contributed by atoms with Crippen LogP contribution in [0.1, 0.15) is 29.5 Å². The van der Waals surface area contributed by atoms with Gasteiger partial charge in [-0.1, -0.05) is 30.3 Å². The number of aromatic hydroxyl groups is 1. The Balaban J connectivity index is 1.67. The molecule has 146 valence electrons. The second-order valence-electron chi connectivity index (χ2n) is 7.43. The van der Waals surface area contributed by atoms with E-state index in [9.17, 15) is 23.4 Å². The molecule has 0 saturated carbocycles. The molecule has 3 rings (SSSR count). The highest BCUT2D eigenvalue weighted by molar-refractivity contribution is 5.31. The van der Waals surface area contributed by atoms with Gasteiger partial charge in [-0.2, -0.15) is 13.2 Å². The third-order valence-electron chi connectivity index (χ3n) is 5.48. The summed E-state index contributed by atoms with van der Waals surface area (Å²) in [6.45, 7) is 2.04. The molecule has 1 aliphatic heterocycles. The van der Waals surface area contributed by atoms with Gasteiger partial charge in [-0.15, -0.1) is 0 Å². The van der Waals surface area contributed by atoms with Crippen LogP contribution in [0.15, 0.2) is 48.5 Å². The van der Waals surface area contributed by atoms with E-state index in [1.165, 1.54) is 12.1 Å². The predicted octanol–water partition coefficient (Wildman–Crippen LogP) is 4.23. The number of likely N-dealkylation sites (tertiary alicyclic amines) is 1. The normalized spacial score (nSPS) is 17.8. The number of aliphatic hydroxyl groups is 1. The number of aliphatic hydroxyl groups excluding tert-OH is 1. The minimum absolute atomic E-state index is 0.119. The number of phenolic OH excluding ortho intramolecular Hbond substituents is 1. The predicted molar refractivity (Wildman–Crippen MR) is 97.3 cm³/mol. The first-order chi connectivity index (χ1) is 12.8. The number of nitrogens with zero attached hydrogens (tertiary/aromatic N) is 1. The summed E-state index contributed by atoms with van der Waals surface area (Å²) in [4.78, 5) is 2.23. The van der Waals surface area contributed by atoms with Gasteiger partial charge in [-0.25, -0.2) is 0 Å². The van der Waals surface area contributed by atoms with Gasteiger partial charge < -0.3 is 10.2 Å². The quantitative estimate of drug-likeness (QED) is 0.817. The van der Waals surface area contributed by atoms with Crippen LogP contribution >= 0.6 is 0 Å². The molecular formula is C21H24F3NO2. The first-order valence-corrected chi connectivity index (χ1v) is 9.08. The van der Waals surface area contributed by atoms with Crippen molar-refractivity contribution in [1.82, 2.24) is 4.90 Å². The summed E-state index contributed by atoms with van der Waals surface area (Å²) in [6.07, 6.45) is -2.86. The van der Waals surface area contributed by atoms with Crippen molar-refractivity contribution in [2.45, 2.75) is 32.0 Å². The van der Waals surface area contributed by atoms with E-state index in [-0.39, 0.29) is 24.3 Å². The Bertz CT molecular complexity index is 751. The van der Waals surface area contributed by atoms with Crippen LogP contribution in [0.2, 0.25) is 0 Å². The molecule has 0 bridgehead atoms. The molecule has 0 aliphatic carbocycles. The van der Waals surface area contributed by atoms with Gasteiger partial charge in [0, 0.05) is 13.2 Å². The molecule has 0 amide bonds. The number of phenols is 1. The largest absolute Gasteiger partial charge is 0.508 e. The lowest BCUT2D eigenvalue weighted by Gasteiger charge is -2.41. The Morgan fingerprint density at radius 3 is 2.19 bits per heavy atom. The van der Waals surface area contributed by atoms with Crippen molar-refractivity contribution in [3.8, 4) is 5.75 Å². The molecule has 0 spiro atoms. The van der Waals surface area contributed by atoms with Crippen molar-refractivity contribution >= 4 is 0 Å². The zero-order chi connectivity index (χ0) is 19.5. The van der Waals surface area contributed by atoms with Crippen LogP contribution in [0.5, 0.6) is 5.75 Å². The van der Waals surface area contributed by atoms with Crippen LogP contribution in [0.4, 0.5) is 13.2 Å². The Kier molecular flexibility index (Phi) is 5.77. The standard InChI is InChI=1S/C21H24F3NO2/c22-21(23,24)19-4-2-1-3-17(19)13-20(15-26)9-11-25(12-10-20)14-16-5-7-18(27)8-6-16/h1-8,26-27H,9-15H2. The molecule has 2 aromatic rings. The molecule has 3 nitrogen and oxygen atoms in total. The van der Waals surface area contributed by atoms with Gasteiger partial charge in [0.1, 0.15) is 5.75 Å². The maximum Gasteiger partial charge on any atom is 0.416 e. The SMILES string of the molecule is OCC1(Cc2ccccc2C(F)(F)F)CCN(Cc2ccc(O)cc2)CC1. The fourth-order valence-corrected chi connectivity index (χ4v) is 3.79. The molecule has 2 aromatic carbocycles. The minimum atomic E-state index is -4.38. The topological polar surface area (TPSA) is 43.7 Å². The van der Waals surface area contributed by atoms with E-state index in [4.69, 9.17) is 0 Å². The smallest absolute Gasteiger partial charge is 0.416 e. The molecule has 1 aliphatic rings. The number of piperidine rings is 1. The first kappa shape index (κ1) is 19.7. The Morgan fingerprint density at radius 2 is 1.59 bits per heavy atom. The van der Waals surface area contributed by atoms with Crippen molar-refractivity contribution in [2.24, 2.45) is 5.41 Å². The number of alkyl halides is 3. The molecule has 1 saturated heterocycles. The molecule has 2 N–H and O–H groups in total. The van der Waals surface area contributed by atoms with Crippen molar-refractivity contribution < 1.29 is 23.4 Å². The maximum absolute atomic E-state index is 13.3. The highest BCUT2D eigenvalue weighted by Crippen LogP contribution is 2.39. The van der Waals surface area contributed by atoms with E-state index in [0.717, 1.165) is 31.3 Å². The Morgan fingerprint density at radius 1 is 0.963 bits per heavy atom. The van der Waals surface area contributed by atoms with E-state index >= 15 is 0 Å². The van der Waals surface area contributed by atoms with E-state index < -0.39 is 17.2 Å². The summed E-state index contributed by atoms with van der Waals surface area (Å²) in [5, 5.41) is 19.3. The van der Waals surface area contributed by atoms with Crippen LogP contribution in [0.3, 0.4) is 0 Å². The van der Waals surface area contributed by atoms with E-state index in [1.807, 2.05) is 12.1 Å². The second-order valence-corrected chi connectivity index (χ2v) is 7.43. The molecule has 1 fully saturated rings. The molecule has 0 atom stereocenters. The number of benzene rings is 2. The molecule has 1 heterocycles. The number of rotatable bonds is 5. The first-order valence-electron chi connectivity index (χ1n) is 9.08. The summed E-state index contributed by atoms with van der Waals surface area (Å²) in [5.41, 5.74) is 0.203. The van der Waals surface area contributed by atoms with Gasteiger partial charge in [0.15, 0.2) is 0 Å². The van der Waals surface area contributed by atoms with Gasteiger partial charge in [-0.05, 0) is 67.1 Å². The average molecular weight is 379 g/mol. The number of halogens is 3. The maximum atomic E-state index is 13.3. The summed E-state index contributed by atoms with van der Waals surface area (Å²) < 4.78 is 39.8. The number of hydrogen-bond acceptors (Lipinski definition) is 3. The number of hydrogen-bond donors (Lipinski definition) is 2. The second kappa shape index (κ2) is 7.90. The van der Waals surface area contributed by atoms with E-state index in [0.29, 0.717) is 12.8 Å². The van der Waals surface area contributed by atoms with Gasteiger partial charge in [0.25, 0.3) is 0 Å². The van der Waals surface area contributed by atoms with Crippen LogP contribution < -0.4 is 0 Å². The minimum Gasteiger partial charge on any atom is -0.508 e. The highest BCUT2D eigenvalue weighted by Gasteiger charge is 2.38. The molecule has 6 heteroatoms. The molecule has 0 radical (unpaired) electrons. The molecule has 0 aromatic heterocycles. The molecule has 0 unspecified atom stereocenters. The summed E-state index contributed by atoms with van der Waals surface area (Å²) in [6, 6.07) is 12.7. The Labute approximate surface area is 157 Å². The zero-order valence-corrected chi connectivity index (χ0v) is 15.0. The summed E-state index contributed by atoms with van der Waals surface area (Å²) in [7, 11) is 0. The van der Waals surface area contributed by atoms with Gasteiger partial charge in [-0.3, -0.25) is 4.90 Å². The molecular weight excluding hydrogens is 355 g/mol. The lowest BCUT2D eigenvalue weighted by atomic mass is 9.73.